The maximum atomic E-state index is 12.4. The summed E-state index contributed by atoms with van der Waals surface area (Å²) in [4.78, 5) is 30.7. The molecule has 3 aromatic rings. The highest BCUT2D eigenvalue weighted by Crippen LogP contribution is 2.18. The van der Waals surface area contributed by atoms with Gasteiger partial charge in [0.2, 0.25) is 0 Å². The number of anilines is 1. The van der Waals surface area contributed by atoms with Gasteiger partial charge in [0.1, 0.15) is 0 Å². The first kappa shape index (κ1) is 23.4. The third-order valence-electron chi connectivity index (χ3n) is 5.66. The lowest BCUT2D eigenvalue weighted by Gasteiger charge is -2.17. The van der Waals surface area contributed by atoms with Crippen molar-refractivity contribution in [2.45, 2.75) is 32.3 Å². The zero-order chi connectivity index (χ0) is 23.9. The lowest BCUT2D eigenvalue weighted by molar-refractivity contribution is 0.0858. The van der Waals surface area contributed by atoms with Crippen LogP contribution in [0.1, 0.15) is 34.6 Å². The Labute approximate surface area is 198 Å². The van der Waals surface area contributed by atoms with Crippen molar-refractivity contribution in [2.75, 3.05) is 32.1 Å². The number of rotatable bonds is 8. The Hall–Kier alpha value is -3.72. The average molecular weight is 464 g/mol. The number of carbonyl (C=O) groups is 2. The standard InChI is InChI=1S/C25H29N5O4/c1-17-5-3-6-20(15-17)27-25(32)30(2)13-12-22-28-24(34-29-22)19-10-8-18(9-11-19)23(31)26-16-21-7-4-14-33-21/h3,5-6,8-11,15,21H,4,7,12-14,16H2,1-2H3,(H,26,31)(H,27,32)/t21-/m1/s1. The van der Waals surface area contributed by atoms with Crippen LogP contribution < -0.4 is 10.6 Å². The van der Waals surface area contributed by atoms with Crippen LogP contribution in [0.5, 0.6) is 0 Å². The SMILES string of the molecule is Cc1cccc(NC(=O)N(C)CCc2noc(-c3ccc(C(=O)NC[C@H]4CCCO4)cc3)n2)c1. The number of hydrogen-bond donors (Lipinski definition) is 2. The van der Waals surface area contributed by atoms with Gasteiger partial charge in [-0.05, 0) is 61.7 Å². The Balaban J connectivity index is 1.27. The number of hydrogen-bond acceptors (Lipinski definition) is 6. The van der Waals surface area contributed by atoms with Crippen molar-refractivity contribution in [3.8, 4) is 11.5 Å². The van der Waals surface area contributed by atoms with E-state index in [9.17, 15) is 9.59 Å². The molecule has 2 N–H and O–H groups in total. The van der Waals surface area contributed by atoms with E-state index in [1.165, 1.54) is 0 Å². The molecular weight excluding hydrogens is 434 g/mol. The van der Waals surface area contributed by atoms with Gasteiger partial charge in [-0.1, -0.05) is 17.3 Å². The Morgan fingerprint density at radius 2 is 2.00 bits per heavy atom. The predicted octanol–water partition coefficient (Wildman–Crippen LogP) is 3.66. The second-order valence-corrected chi connectivity index (χ2v) is 8.41. The first-order valence-corrected chi connectivity index (χ1v) is 11.4. The van der Waals surface area contributed by atoms with Gasteiger partial charge < -0.3 is 24.8 Å². The molecule has 1 saturated heterocycles. The number of likely N-dealkylation sites (N-methyl/N-ethyl adjacent to an activating group) is 1. The number of aromatic nitrogens is 2. The number of benzene rings is 2. The van der Waals surface area contributed by atoms with Gasteiger partial charge in [0.15, 0.2) is 5.82 Å². The molecule has 0 bridgehead atoms. The molecule has 0 saturated carbocycles. The van der Waals surface area contributed by atoms with Gasteiger partial charge in [-0.2, -0.15) is 4.98 Å². The molecule has 4 rings (SSSR count). The van der Waals surface area contributed by atoms with E-state index in [2.05, 4.69) is 20.8 Å². The fourth-order valence-corrected chi connectivity index (χ4v) is 3.66. The first-order chi connectivity index (χ1) is 16.5. The summed E-state index contributed by atoms with van der Waals surface area (Å²) >= 11 is 0. The summed E-state index contributed by atoms with van der Waals surface area (Å²) in [5.74, 6) is 0.733. The molecule has 0 spiro atoms. The Morgan fingerprint density at radius 3 is 2.74 bits per heavy atom. The minimum Gasteiger partial charge on any atom is -0.376 e. The van der Waals surface area contributed by atoms with Crippen LogP contribution in [0.25, 0.3) is 11.5 Å². The van der Waals surface area contributed by atoms with Crippen LogP contribution in [0.3, 0.4) is 0 Å². The van der Waals surface area contributed by atoms with E-state index in [1.807, 2.05) is 31.2 Å². The molecule has 9 heteroatoms. The van der Waals surface area contributed by atoms with Crippen molar-refractivity contribution in [1.29, 1.82) is 0 Å². The van der Waals surface area contributed by atoms with Gasteiger partial charge in [-0.3, -0.25) is 4.79 Å². The fourth-order valence-electron chi connectivity index (χ4n) is 3.66. The van der Waals surface area contributed by atoms with Crippen molar-refractivity contribution in [2.24, 2.45) is 0 Å². The molecule has 9 nitrogen and oxygen atoms in total. The normalized spacial score (nSPS) is 15.2. The van der Waals surface area contributed by atoms with Crippen LogP contribution in [0.2, 0.25) is 0 Å². The van der Waals surface area contributed by atoms with Crippen molar-refractivity contribution in [1.82, 2.24) is 20.4 Å². The first-order valence-electron chi connectivity index (χ1n) is 11.4. The fraction of sp³-hybridized carbons (Fsp3) is 0.360. The lowest BCUT2D eigenvalue weighted by atomic mass is 10.1. The lowest BCUT2D eigenvalue weighted by Crippen LogP contribution is -2.33. The van der Waals surface area contributed by atoms with Crippen molar-refractivity contribution < 1.29 is 18.8 Å². The Kier molecular flexibility index (Phi) is 7.54. The van der Waals surface area contributed by atoms with Gasteiger partial charge in [-0.25, -0.2) is 4.79 Å². The summed E-state index contributed by atoms with van der Waals surface area (Å²) in [5, 5.41) is 9.79. The second kappa shape index (κ2) is 10.9. The molecular formula is C25H29N5O4. The molecule has 0 unspecified atom stereocenters. The monoisotopic (exact) mass is 463 g/mol. The number of nitrogens with zero attached hydrogens (tertiary/aromatic N) is 3. The molecule has 178 valence electrons. The van der Waals surface area contributed by atoms with E-state index in [0.717, 1.165) is 36.3 Å². The Bertz CT molecular complexity index is 1120. The van der Waals surface area contributed by atoms with Crippen molar-refractivity contribution >= 4 is 17.6 Å². The number of nitrogens with one attached hydrogen (secondary N) is 2. The molecule has 1 aliphatic heterocycles. The van der Waals surface area contributed by atoms with Gasteiger partial charge in [0, 0.05) is 50.0 Å². The van der Waals surface area contributed by atoms with E-state index >= 15 is 0 Å². The summed E-state index contributed by atoms with van der Waals surface area (Å²) in [6.45, 7) is 3.69. The Morgan fingerprint density at radius 1 is 1.18 bits per heavy atom. The summed E-state index contributed by atoms with van der Waals surface area (Å²) in [5.41, 5.74) is 3.11. The van der Waals surface area contributed by atoms with Gasteiger partial charge in [-0.15, -0.1) is 0 Å². The van der Waals surface area contributed by atoms with Crippen molar-refractivity contribution in [3.63, 3.8) is 0 Å². The highest BCUT2D eigenvalue weighted by Gasteiger charge is 2.17. The van der Waals surface area contributed by atoms with E-state index in [1.54, 1.807) is 36.2 Å². The van der Waals surface area contributed by atoms with Crippen LogP contribution in [-0.4, -0.2) is 59.8 Å². The highest BCUT2D eigenvalue weighted by atomic mass is 16.5. The van der Waals surface area contributed by atoms with Crippen LogP contribution >= 0.6 is 0 Å². The third kappa shape index (κ3) is 6.20. The van der Waals surface area contributed by atoms with Gasteiger partial charge in [0.05, 0.1) is 6.10 Å². The maximum Gasteiger partial charge on any atom is 0.321 e. The second-order valence-electron chi connectivity index (χ2n) is 8.41. The largest absolute Gasteiger partial charge is 0.376 e. The third-order valence-corrected chi connectivity index (χ3v) is 5.66. The summed E-state index contributed by atoms with van der Waals surface area (Å²) < 4.78 is 10.9. The molecule has 1 atom stereocenters. The molecule has 0 radical (unpaired) electrons. The van der Waals surface area contributed by atoms with E-state index in [4.69, 9.17) is 9.26 Å². The minimum atomic E-state index is -0.206. The molecule has 1 aliphatic rings. The smallest absolute Gasteiger partial charge is 0.321 e. The van der Waals surface area contributed by atoms with E-state index < -0.39 is 0 Å². The van der Waals surface area contributed by atoms with Gasteiger partial charge >= 0.3 is 6.03 Å². The van der Waals surface area contributed by atoms with Crippen molar-refractivity contribution in [3.05, 3.63) is 65.5 Å². The predicted molar refractivity (Wildman–Crippen MR) is 128 cm³/mol. The average Bonchev–Trinajstić information content (AvgIpc) is 3.53. The van der Waals surface area contributed by atoms with E-state index in [-0.39, 0.29) is 18.0 Å². The van der Waals surface area contributed by atoms with Crippen LogP contribution in [-0.2, 0) is 11.2 Å². The quantitative estimate of drug-likeness (QED) is 0.528. The number of ether oxygens (including phenoxy) is 1. The number of carbonyl (C=O) groups excluding carboxylic acids is 2. The zero-order valence-corrected chi connectivity index (χ0v) is 19.4. The zero-order valence-electron chi connectivity index (χ0n) is 19.4. The minimum absolute atomic E-state index is 0.104. The molecule has 3 amide bonds. The maximum absolute atomic E-state index is 12.4. The topological polar surface area (TPSA) is 110 Å². The van der Waals surface area contributed by atoms with E-state index in [0.29, 0.717) is 36.8 Å². The molecule has 0 aliphatic carbocycles. The highest BCUT2D eigenvalue weighted by molar-refractivity contribution is 5.94. The molecule has 1 fully saturated rings. The number of aryl methyl sites for hydroxylation is 1. The molecule has 2 heterocycles. The summed E-state index contributed by atoms with van der Waals surface area (Å²) in [6, 6.07) is 14.4. The summed E-state index contributed by atoms with van der Waals surface area (Å²) in [6.07, 6.45) is 2.57. The molecule has 2 aromatic carbocycles. The van der Waals surface area contributed by atoms with Crippen LogP contribution in [0.15, 0.2) is 53.1 Å². The van der Waals surface area contributed by atoms with Gasteiger partial charge in [0.25, 0.3) is 11.8 Å². The van der Waals surface area contributed by atoms with Crippen LogP contribution in [0, 0.1) is 6.92 Å². The number of urea groups is 1. The summed E-state index contributed by atoms with van der Waals surface area (Å²) in [7, 11) is 1.72. The molecule has 1 aromatic heterocycles. The van der Waals surface area contributed by atoms with Crippen LogP contribution in [0.4, 0.5) is 10.5 Å². The molecule has 34 heavy (non-hydrogen) atoms. The number of amides is 3.